The Bertz CT molecular complexity index is 683. The highest BCUT2D eigenvalue weighted by Gasteiger charge is 2.22. The lowest BCUT2D eigenvalue weighted by Gasteiger charge is -2.32. The smallest absolute Gasteiger partial charge is 0.268 e. The Morgan fingerprint density at radius 2 is 2.17 bits per heavy atom. The van der Waals surface area contributed by atoms with Crippen LogP contribution < -0.4 is 10.0 Å². The lowest BCUT2D eigenvalue weighted by Crippen LogP contribution is -2.45. The largest absolute Gasteiger partial charge is 0.347 e. The Morgan fingerprint density at radius 1 is 1.46 bits per heavy atom. The van der Waals surface area contributed by atoms with Gasteiger partial charge in [-0.2, -0.15) is 0 Å². The minimum atomic E-state index is -3.55. The topological polar surface area (TPSA) is 83.4 Å². The minimum Gasteiger partial charge on any atom is -0.347 e. The summed E-state index contributed by atoms with van der Waals surface area (Å²) < 4.78 is 27.5. The molecule has 1 aliphatic heterocycles. The van der Waals surface area contributed by atoms with Crippen LogP contribution >= 0.6 is 0 Å². The molecular formula is C16H28N4O3S. The predicted octanol–water partition coefficient (Wildman–Crippen LogP) is 0.783. The zero-order valence-corrected chi connectivity index (χ0v) is 15.7. The summed E-state index contributed by atoms with van der Waals surface area (Å²) in [5.74, 6) is 0.441. The summed E-state index contributed by atoms with van der Waals surface area (Å²) in [7, 11) is -0.532. The quantitative estimate of drug-likeness (QED) is 0.789. The van der Waals surface area contributed by atoms with Gasteiger partial charge in [0, 0.05) is 32.4 Å². The van der Waals surface area contributed by atoms with Gasteiger partial charge in [-0.1, -0.05) is 6.92 Å². The molecule has 1 fully saturated rings. The third-order valence-electron chi connectivity index (χ3n) is 4.44. The van der Waals surface area contributed by atoms with Crippen LogP contribution in [-0.2, 0) is 17.1 Å². The monoisotopic (exact) mass is 356 g/mol. The van der Waals surface area contributed by atoms with Crippen LogP contribution in [0.1, 0.15) is 37.2 Å². The van der Waals surface area contributed by atoms with Gasteiger partial charge >= 0.3 is 0 Å². The van der Waals surface area contributed by atoms with E-state index in [1.807, 2.05) is 6.92 Å². The fourth-order valence-electron chi connectivity index (χ4n) is 3.21. The Balaban J connectivity index is 1.99. The van der Waals surface area contributed by atoms with Crippen LogP contribution in [0.2, 0.25) is 0 Å². The van der Waals surface area contributed by atoms with Gasteiger partial charge < -0.3 is 14.8 Å². The molecule has 0 saturated carbocycles. The first kappa shape index (κ1) is 19.0. The van der Waals surface area contributed by atoms with Crippen molar-refractivity contribution in [1.29, 1.82) is 0 Å². The molecule has 0 spiro atoms. The second-order valence-electron chi connectivity index (χ2n) is 6.76. The number of sulfonamides is 1. The summed E-state index contributed by atoms with van der Waals surface area (Å²) in [5.41, 5.74) is 0.336. The number of carbonyl (C=O) groups is 1. The van der Waals surface area contributed by atoms with E-state index in [4.69, 9.17) is 0 Å². The zero-order valence-electron chi connectivity index (χ0n) is 14.9. The molecule has 1 saturated heterocycles. The van der Waals surface area contributed by atoms with Crippen molar-refractivity contribution < 1.29 is 13.2 Å². The fourth-order valence-corrected chi connectivity index (χ4v) is 4.01. The van der Waals surface area contributed by atoms with Crippen LogP contribution in [0.3, 0.4) is 0 Å². The summed E-state index contributed by atoms with van der Waals surface area (Å²) in [6, 6.07) is 1.40. The first-order valence-electron chi connectivity index (χ1n) is 8.36. The molecule has 1 aromatic heterocycles. The minimum absolute atomic E-state index is 0.00190. The van der Waals surface area contributed by atoms with Gasteiger partial charge in [-0.15, -0.1) is 0 Å². The van der Waals surface area contributed by atoms with Gasteiger partial charge in [0.1, 0.15) is 10.6 Å². The van der Waals surface area contributed by atoms with Crippen molar-refractivity contribution >= 4 is 15.9 Å². The van der Waals surface area contributed by atoms with E-state index in [1.54, 1.807) is 7.05 Å². The number of nitrogens with one attached hydrogen (secondary N) is 2. The number of piperidine rings is 1. The summed E-state index contributed by atoms with van der Waals surface area (Å²) in [6.45, 7) is 7.17. The molecule has 2 atom stereocenters. The van der Waals surface area contributed by atoms with Crippen LogP contribution in [0.15, 0.2) is 17.2 Å². The van der Waals surface area contributed by atoms with Gasteiger partial charge in [-0.3, -0.25) is 4.79 Å². The zero-order chi connectivity index (χ0) is 17.9. The number of amides is 1. The van der Waals surface area contributed by atoms with Crippen LogP contribution in [-0.4, -0.2) is 56.5 Å². The van der Waals surface area contributed by atoms with Gasteiger partial charge in [0.05, 0.1) is 0 Å². The number of hydrogen-bond acceptors (Lipinski definition) is 4. The molecule has 7 nitrogen and oxygen atoms in total. The van der Waals surface area contributed by atoms with E-state index in [0.29, 0.717) is 11.6 Å². The van der Waals surface area contributed by atoms with Crippen molar-refractivity contribution in [2.24, 2.45) is 13.0 Å². The van der Waals surface area contributed by atoms with Gasteiger partial charge in [0.2, 0.25) is 10.0 Å². The van der Waals surface area contributed by atoms with E-state index in [-0.39, 0.29) is 16.8 Å². The molecule has 1 aliphatic rings. The van der Waals surface area contributed by atoms with Crippen molar-refractivity contribution in [1.82, 2.24) is 19.5 Å². The number of rotatable bonds is 6. The van der Waals surface area contributed by atoms with E-state index in [9.17, 15) is 13.2 Å². The number of hydrogen-bond donors (Lipinski definition) is 2. The van der Waals surface area contributed by atoms with Gasteiger partial charge in [-0.05, 0) is 45.3 Å². The lowest BCUT2D eigenvalue weighted by molar-refractivity contribution is 0.0912. The molecule has 0 bridgehead atoms. The third kappa shape index (κ3) is 4.58. The molecule has 1 aromatic rings. The lowest BCUT2D eigenvalue weighted by atomic mass is 10.00. The summed E-state index contributed by atoms with van der Waals surface area (Å²) in [4.78, 5) is 14.9. The van der Waals surface area contributed by atoms with Gasteiger partial charge in [0.15, 0.2) is 0 Å². The first-order chi connectivity index (χ1) is 11.2. The molecule has 0 aliphatic carbocycles. The summed E-state index contributed by atoms with van der Waals surface area (Å²) >= 11 is 0. The average Bonchev–Trinajstić information content (AvgIpc) is 2.90. The standard InChI is InChI=1S/C16H28N4O3S/c1-12-6-5-7-20(9-12)10-13(2)18-16(21)15-8-14(11-19(15)4)24(22,23)17-3/h8,11-13,17H,5-7,9-10H2,1-4H3,(H,18,21). The van der Waals surface area contributed by atoms with E-state index < -0.39 is 10.0 Å². The van der Waals surface area contributed by atoms with Crippen LogP contribution in [0.25, 0.3) is 0 Å². The van der Waals surface area contributed by atoms with Crippen molar-refractivity contribution in [2.45, 2.75) is 37.6 Å². The maximum atomic E-state index is 12.4. The Morgan fingerprint density at radius 3 is 2.79 bits per heavy atom. The third-order valence-corrected chi connectivity index (χ3v) is 5.82. The normalized spacial score (nSPS) is 20.8. The second-order valence-corrected chi connectivity index (χ2v) is 8.65. The highest BCUT2D eigenvalue weighted by Crippen LogP contribution is 2.16. The molecule has 136 valence electrons. The number of carbonyl (C=O) groups excluding carboxylic acids is 1. The first-order valence-corrected chi connectivity index (χ1v) is 9.84. The summed E-state index contributed by atoms with van der Waals surface area (Å²) in [6.07, 6.45) is 3.91. The van der Waals surface area contributed by atoms with Crippen LogP contribution in [0, 0.1) is 5.92 Å². The van der Waals surface area contributed by atoms with Gasteiger partial charge in [0.25, 0.3) is 5.91 Å². The molecule has 2 heterocycles. The van der Waals surface area contributed by atoms with Crippen molar-refractivity contribution in [2.75, 3.05) is 26.7 Å². The van der Waals surface area contributed by atoms with E-state index in [1.165, 1.54) is 36.7 Å². The number of nitrogens with zero attached hydrogens (tertiary/aromatic N) is 2. The molecule has 24 heavy (non-hydrogen) atoms. The fraction of sp³-hybridized carbons (Fsp3) is 0.688. The molecule has 0 aromatic carbocycles. The second kappa shape index (κ2) is 7.67. The van der Waals surface area contributed by atoms with Crippen molar-refractivity contribution in [3.63, 3.8) is 0 Å². The molecule has 8 heteroatoms. The molecule has 1 amide bonds. The Labute approximate surface area is 144 Å². The van der Waals surface area contributed by atoms with Crippen LogP contribution in [0.4, 0.5) is 0 Å². The van der Waals surface area contributed by atoms with Gasteiger partial charge in [-0.25, -0.2) is 13.1 Å². The molecule has 2 rings (SSSR count). The van der Waals surface area contributed by atoms with E-state index in [2.05, 4.69) is 21.9 Å². The van der Waals surface area contributed by atoms with E-state index >= 15 is 0 Å². The Hall–Kier alpha value is -1.38. The number of likely N-dealkylation sites (tertiary alicyclic amines) is 1. The molecule has 0 radical (unpaired) electrons. The van der Waals surface area contributed by atoms with Crippen LogP contribution in [0.5, 0.6) is 0 Å². The maximum Gasteiger partial charge on any atom is 0.268 e. The maximum absolute atomic E-state index is 12.4. The number of aromatic nitrogens is 1. The van der Waals surface area contributed by atoms with Crippen molar-refractivity contribution in [3.05, 3.63) is 18.0 Å². The average molecular weight is 356 g/mol. The molecule has 2 N–H and O–H groups in total. The highest BCUT2D eigenvalue weighted by molar-refractivity contribution is 7.89. The summed E-state index contributed by atoms with van der Waals surface area (Å²) in [5, 5.41) is 2.97. The SMILES string of the molecule is CNS(=O)(=O)c1cc(C(=O)NC(C)CN2CCCC(C)C2)n(C)c1. The molecule has 2 unspecified atom stereocenters. The van der Waals surface area contributed by atoms with E-state index in [0.717, 1.165) is 19.6 Å². The highest BCUT2D eigenvalue weighted by atomic mass is 32.2. The predicted molar refractivity (Wildman–Crippen MR) is 93.4 cm³/mol. The number of aryl methyl sites for hydroxylation is 1. The van der Waals surface area contributed by atoms with Crippen molar-refractivity contribution in [3.8, 4) is 0 Å². The Kier molecular flexibility index (Phi) is 6.06. The molecular weight excluding hydrogens is 328 g/mol.